The number of nitrogens with one attached hydrogen (secondary N) is 1. The summed E-state index contributed by atoms with van der Waals surface area (Å²) in [5.41, 5.74) is 6.49. The third-order valence-corrected chi connectivity index (χ3v) is 6.03. The van der Waals surface area contributed by atoms with Crippen molar-refractivity contribution in [1.29, 1.82) is 5.26 Å². The van der Waals surface area contributed by atoms with Crippen LogP contribution in [0.1, 0.15) is 62.3 Å². The first-order valence-electron chi connectivity index (χ1n) is 10.6. The minimum Gasteiger partial charge on any atom is -0.366 e. The third-order valence-electron chi connectivity index (χ3n) is 6.03. The Labute approximate surface area is 180 Å². The van der Waals surface area contributed by atoms with Crippen molar-refractivity contribution in [2.45, 2.75) is 59.4 Å². The van der Waals surface area contributed by atoms with E-state index in [1.54, 1.807) is 6.08 Å². The van der Waals surface area contributed by atoms with E-state index in [1.807, 2.05) is 38.1 Å². The molecule has 156 valence electrons. The lowest BCUT2D eigenvalue weighted by molar-refractivity contribution is -0.112. The summed E-state index contributed by atoms with van der Waals surface area (Å²) in [6.07, 6.45) is 2.78. The molecule has 0 aliphatic carbocycles. The fraction of sp³-hybridized carbons (Fsp3) is 0.385. The van der Waals surface area contributed by atoms with Gasteiger partial charge in [0.2, 0.25) is 0 Å². The summed E-state index contributed by atoms with van der Waals surface area (Å²) in [5.74, 6) is 0.0294. The van der Waals surface area contributed by atoms with Gasteiger partial charge in [-0.25, -0.2) is 0 Å². The third kappa shape index (κ3) is 4.26. The number of amides is 1. The molecule has 0 saturated carbocycles. The van der Waals surface area contributed by atoms with Crippen molar-refractivity contribution in [3.05, 3.63) is 64.2 Å². The summed E-state index contributed by atoms with van der Waals surface area (Å²) in [6, 6.07) is 14.0. The average Bonchev–Trinajstić information content (AvgIpc) is 2.66. The van der Waals surface area contributed by atoms with Crippen LogP contribution in [0.15, 0.2) is 42.0 Å². The Morgan fingerprint density at radius 3 is 2.67 bits per heavy atom. The minimum absolute atomic E-state index is 0.107. The fourth-order valence-corrected chi connectivity index (χ4v) is 4.63. The summed E-state index contributed by atoms with van der Waals surface area (Å²) >= 11 is 0. The zero-order valence-electron chi connectivity index (χ0n) is 18.8. The van der Waals surface area contributed by atoms with E-state index in [0.717, 1.165) is 29.7 Å². The monoisotopic (exact) mass is 401 g/mol. The zero-order chi connectivity index (χ0) is 22.1. The summed E-state index contributed by atoms with van der Waals surface area (Å²) in [6.45, 7) is 14.0. The molecule has 0 bridgehead atoms. The van der Waals surface area contributed by atoms with Crippen LogP contribution in [-0.4, -0.2) is 18.0 Å². The molecule has 1 heterocycles. The second-order valence-electron chi connectivity index (χ2n) is 8.92. The maximum absolute atomic E-state index is 12.7. The molecule has 0 fully saturated rings. The van der Waals surface area contributed by atoms with Crippen molar-refractivity contribution in [2.75, 3.05) is 16.8 Å². The summed E-state index contributed by atoms with van der Waals surface area (Å²) in [4.78, 5) is 15.2. The molecule has 3 rings (SSSR count). The Morgan fingerprint density at radius 1 is 1.30 bits per heavy atom. The quantitative estimate of drug-likeness (QED) is 0.508. The van der Waals surface area contributed by atoms with Crippen molar-refractivity contribution >= 4 is 23.4 Å². The molecule has 4 heteroatoms. The smallest absolute Gasteiger partial charge is 0.266 e. The highest BCUT2D eigenvalue weighted by Crippen LogP contribution is 2.44. The Morgan fingerprint density at radius 2 is 2.03 bits per heavy atom. The van der Waals surface area contributed by atoms with Crippen molar-refractivity contribution in [2.24, 2.45) is 0 Å². The van der Waals surface area contributed by atoms with Crippen LogP contribution in [0, 0.1) is 25.2 Å². The van der Waals surface area contributed by atoms with Crippen molar-refractivity contribution in [3.8, 4) is 6.07 Å². The van der Waals surface area contributed by atoms with E-state index in [2.05, 4.69) is 56.1 Å². The molecule has 0 aromatic heterocycles. The zero-order valence-corrected chi connectivity index (χ0v) is 18.8. The largest absolute Gasteiger partial charge is 0.366 e. The van der Waals surface area contributed by atoms with Crippen LogP contribution < -0.4 is 10.2 Å². The molecule has 1 amide bonds. The predicted octanol–water partition coefficient (Wildman–Crippen LogP) is 5.96. The van der Waals surface area contributed by atoms with E-state index in [-0.39, 0.29) is 17.0 Å². The topological polar surface area (TPSA) is 56.1 Å². The number of nitrogens with zero attached hydrogens (tertiary/aromatic N) is 2. The van der Waals surface area contributed by atoms with Crippen LogP contribution in [0.4, 0.5) is 11.4 Å². The number of hydrogen-bond donors (Lipinski definition) is 1. The van der Waals surface area contributed by atoms with E-state index in [0.29, 0.717) is 11.6 Å². The highest BCUT2D eigenvalue weighted by molar-refractivity contribution is 6.09. The molecule has 1 atom stereocenters. The van der Waals surface area contributed by atoms with Crippen LogP contribution in [0.2, 0.25) is 0 Å². The molecule has 1 N–H and O–H groups in total. The maximum Gasteiger partial charge on any atom is 0.266 e. The van der Waals surface area contributed by atoms with E-state index >= 15 is 0 Å². The van der Waals surface area contributed by atoms with E-state index < -0.39 is 0 Å². The Kier molecular flexibility index (Phi) is 6.03. The van der Waals surface area contributed by atoms with Gasteiger partial charge in [-0.15, -0.1) is 0 Å². The van der Waals surface area contributed by atoms with Gasteiger partial charge in [-0.05, 0) is 99.6 Å². The first-order valence-corrected chi connectivity index (χ1v) is 10.6. The first-order chi connectivity index (χ1) is 14.2. The van der Waals surface area contributed by atoms with Gasteiger partial charge >= 0.3 is 0 Å². The van der Waals surface area contributed by atoms with Gasteiger partial charge in [0.1, 0.15) is 11.6 Å². The molecule has 0 unspecified atom stereocenters. The van der Waals surface area contributed by atoms with Gasteiger partial charge < -0.3 is 10.2 Å². The summed E-state index contributed by atoms with van der Waals surface area (Å²) < 4.78 is 0. The number of fused-ring (bicyclic) bond motifs is 1. The van der Waals surface area contributed by atoms with Crippen LogP contribution >= 0.6 is 0 Å². The molecule has 0 spiro atoms. The number of carbonyl (C=O) groups is 1. The van der Waals surface area contributed by atoms with Crippen LogP contribution in [0.5, 0.6) is 0 Å². The lowest BCUT2D eigenvalue weighted by Crippen LogP contribution is -2.48. The normalized spacial score (nSPS) is 17.8. The number of rotatable bonds is 4. The van der Waals surface area contributed by atoms with Gasteiger partial charge in [0.25, 0.3) is 5.91 Å². The van der Waals surface area contributed by atoms with Crippen LogP contribution in [-0.2, 0) is 4.79 Å². The van der Waals surface area contributed by atoms with Gasteiger partial charge in [-0.1, -0.05) is 19.1 Å². The molecule has 2 aromatic rings. The molecule has 30 heavy (non-hydrogen) atoms. The molecular weight excluding hydrogens is 370 g/mol. The number of aryl methyl sites for hydroxylation is 2. The standard InChI is InChI=1S/C26H31N3O/c1-7-29-24-12-18(3)20(14-23(24)19(4)15-26(29,5)6)13-21(16-27)25(30)28-22-10-8-9-17(2)11-22/h8-14,19H,7,15H2,1-6H3,(H,28,30)/b21-13-/t19-/m1/s1. The van der Waals surface area contributed by atoms with Crippen molar-refractivity contribution in [1.82, 2.24) is 0 Å². The number of carbonyl (C=O) groups excluding carboxylic acids is 1. The number of benzene rings is 2. The summed E-state index contributed by atoms with van der Waals surface area (Å²) in [7, 11) is 0. The van der Waals surface area contributed by atoms with Gasteiger partial charge in [0, 0.05) is 23.5 Å². The number of hydrogen-bond acceptors (Lipinski definition) is 3. The Bertz CT molecular complexity index is 1040. The Hall–Kier alpha value is -3.06. The summed E-state index contributed by atoms with van der Waals surface area (Å²) in [5, 5.41) is 12.5. The van der Waals surface area contributed by atoms with Crippen LogP contribution in [0.3, 0.4) is 0 Å². The highest BCUT2D eigenvalue weighted by Gasteiger charge is 2.35. The fourth-order valence-electron chi connectivity index (χ4n) is 4.63. The van der Waals surface area contributed by atoms with Crippen molar-refractivity contribution < 1.29 is 4.79 Å². The molecular formula is C26H31N3O. The first kappa shape index (κ1) is 21.6. The minimum atomic E-state index is -0.385. The molecule has 0 saturated heterocycles. The SMILES string of the molecule is CCN1c2cc(C)c(/C=C(/C#N)C(=O)Nc3cccc(C)c3)cc2[C@H](C)CC1(C)C. The van der Waals surface area contributed by atoms with E-state index in [1.165, 1.54) is 11.3 Å². The Balaban J connectivity index is 1.97. The highest BCUT2D eigenvalue weighted by atomic mass is 16.1. The second-order valence-corrected chi connectivity index (χ2v) is 8.92. The van der Waals surface area contributed by atoms with E-state index in [9.17, 15) is 10.1 Å². The van der Waals surface area contributed by atoms with Gasteiger partial charge in [-0.2, -0.15) is 5.26 Å². The molecule has 1 aliphatic rings. The van der Waals surface area contributed by atoms with Gasteiger partial charge in [-0.3, -0.25) is 4.79 Å². The maximum atomic E-state index is 12.7. The van der Waals surface area contributed by atoms with E-state index in [4.69, 9.17) is 0 Å². The molecule has 2 aromatic carbocycles. The van der Waals surface area contributed by atoms with Crippen LogP contribution in [0.25, 0.3) is 6.08 Å². The van der Waals surface area contributed by atoms with Crippen molar-refractivity contribution in [3.63, 3.8) is 0 Å². The lowest BCUT2D eigenvalue weighted by atomic mass is 9.79. The predicted molar refractivity (Wildman–Crippen MR) is 125 cm³/mol. The molecule has 0 radical (unpaired) electrons. The van der Waals surface area contributed by atoms with Gasteiger partial charge in [0.15, 0.2) is 0 Å². The second kappa shape index (κ2) is 8.36. The number of anilines is 2. The molecule has 4 nitrogen and oxygen atoms in total. The van der Waals surface area contributed by atoms with Gasteiger partial charge in [0.05, 0.1) is 0 Å². The molecule has 1 aliphatic heterocycles. The number of nitriles is 1. The average molecular weight is 402 g/mol. The lowest BCUT2D eigenvalue weighted by Gasteiger charge is -2.47.